The molecule has 0 saturated heterocycles. The summed E-state index contributed by atoms with van der Waals surface area (Å²) in [5.74, 6) is 1.87. The zero-order chi connectivity index (χ0) is 14.8. The molecule has 0 bridgehead atoms. The van der Waals surface area contributed by atoms with Crippen LogP contribution >= 0.6 is 15.9 Å². The first-order valence-electron chi connectivity index (χ1n) is 6.85. The Balaban J connectivity index is 1.83. The predicted octanol–water partition coefficient (Wildman–Crippen LogP) is 3.28. The number of nitrogens with zero attached hydrogens (tertiary/aromatic N) is 5. The van der Waals surface area contributed by atoms with Crippen LogP contribution in [0.1, 0.15) is 18.6 Å². The van der Waals surface area contributed by atoms with Gasteiger partial charge in [-0.15, -0.1) is 10.2 Å². The summed E-state index contributed by atoms with van der Waals surface area (Å²) in [7, 11) is 0. The van der Waals surface area contributed by atoms with Gasteiger partial charge in [-0.25, -0.2) is 0 Å². The molecular weight excluding hydrogens is 330 g/mol. The van der Waals surface area contributed by atoms with Crippen LogP contribution in [0.3, 0.4) is 0 Å². The zero-order valence-electron chi connectivity index (χ0n) is 12.0. The van der Waals surface area contributed by atoms with Crippen molar-refractivity contribution >= 4 is 15.9 Å². The molecule has 0 fully saturated rings. The average Bonchev–Trinajstić information content (AvgIpc) is 3.07. The lowest BCUT2D eigenvalue weighted by atomic mass is 10.2. The van der Waals surface area contributed by atoms with Crippen molar-refractivity contribution in [1.29, 1.82) is 0 Å². The van der Waals surface area contributed by atoms with Crippen molar-refractivity contribution in [2.75, 3.05) is 0 Å². The number of rotatable bonds is 4. The number of halogens is 1. The zero-order valence-corrected chi connectivity index (χ0v) is 13.6. The van der Waals surface area contributed by atoms with Crippen LogP contribution in [0.25, 0.3) is 11.3 Å². The minimum absolute atomic E-state index is 0.630. The fourth-order valence-corrected chi connectivity index (χ4v) is 2.59. The van der Waals surface area contributed by atoms with Crippen LogP contribution in [0.4, 0.5) is 0 Å². The highest BCUT2D eigenvalue weighted by Gasteiger charge is 2.09. The lowest BCUT2D eigenvalue weighted by Gasteiger charge is -2.05. The molecular formula is C15H16BrN5. The summed E-state index contributed by atoms with van der Waals surface area (Å²) in [5, 5.41) is 13.0. The second-order valence-electron chi connectivity index (χ2n) is 4.81. The van der Waals surface area contributed by atoms with Crippen LogP contribution in [0.15, 0.2) is 41.0 Å². The molecule has 0 aliphatic carbocycles. The fourth-order valence-electron chi connectivity index (χ4n) is 2.32. The second-order valence-corrected chi connectivity index (χ2v) is 5.73. The molecule has 0 N–H and O–H groups in total. The van der Waals surface area contributed by atoms with Gasteiger partial charge in [-0.3, -0.25) is 4.68 Å². The Morgan fingerprint density at radius 3 is 2.57 bits per heavy atom. The summed E-state index contributed by atoms with van der Waals surface area (Å²) in [5.41, 5.74) is 2.06. The second kappa shape index (κ2) is 5.81. The van der Waals surface area contributed by atoms with E-state index in [0.717, 1.165) is 33.9 Å². The van der Waals surface area contributed by atoms with E-state index in [2.05, 4.69) is 54.8 Å². The van der Waals surface area contributed by atoms with Gasteiger partial charge in [0.25, 0.3) is 0 Å². The summed E-state index contributed by atoms with van der Waals surface area (Å²) in [6.45, 7) is 5.56. The molecule has 0 aliphatic rings. The van der Waals surface area contributed by atoms with Gasteiger partial charge in [-0.2, -0.15) is 5.10 Å². The molecule has 108 valence electrons. The Morgan fingerprint density at radius 1 is 1.10 bits per heavy atom. The quantitative estimate of drug-likeness (QED) is 0.728. The van der Waals surface area contributed by atoms with E-state index in [1.165, 1.54) is 0 Å². The van der Waals surface area contributed by atoms with E-state index in [9.17, 15) is 0 Å². The van der Waals surface area contributed by atoms with E-state index >= 15 is 0 Å². The Morgan fingerprint density at radius 2 is 1.86 bits per heavy atom. The van der Waals surface area contributed by atoms with E-state index in [4.69, 9.17) is 0 Å². The number of benzene rings is 1. The van der Waals surface area contributed by atoms with E-state index in [1.54, 1.807) is 0 Å². The molecule has 3 rings (SSSR count). The summed E-state index contributed by atoms with van der Waals surface area (Å²) < 4.78 is 5.06. The molecule has 0 spiro atoms. The number of hydrogen-bond acceptors (Lipinski definition) is 3. The first-order valence-corrected chi connectivity index (χ1v) is 7.64. The largest absolute Gasteiger partial charge is 0.314 e. The Labute approximate surface area is 131 Å². The van der Waals surface area contributed by atoms with Crippen LogP contribution in [0.2, 0.25) is 0 Å². The molecule has 21 heavy (non-hydrogen) atoms. The molecule has 3 aromatic rings. The highest BCUT2D eigenvalue weighted by Crippen LogP contribution is 2.20. The van der Waals surface area contributed by atoms with Gasteiger partial charge in [0.1, 0.15) is 12.4 Å². The molecule has 0 radical (unpaired) electrons. The molecule has 0 aliphatic heterocycles. The van der Waals surface area contributed by atoms with E-state index in [1.807, 2.05) is 36.0 Å². The smallest absolute Gasteiger partial charge is 0.154 e. The minimum atomic E-state index is 0.630. The third-order valence-electron chi connectivity index (χ3n) is 3.41. The lowest BCUT2D eigenvalue weighted by molar-refractivity contribution is 0.601. The molecule has 2 aromatic heterocycles. The maximum atomic E-state index is 4.61. The third kappa shape index (κ3) is 2.90. The average molecular weight is 346 g/mol. The summed E-state index contributed by atoms with van der Waals surface area (Å²) in [6.07, 6.45) is 1.97. The van der Waals surface area contributed by atoms with Gasteiger partial charge in [0, 0.05) is 22.8 Å². The van der Waals surface area contributed by atoms with Crippen molar-refractivity contribution in [3.63, 3.8) is 0 Å². The van der Waals surface area contributed by atoms with E-state index < -0.39 is 0 Å². The monoisotopic (exact) mass is 345 g/mol. The lowest BCUT2D eigenvalue weighted by Crippen LogP contribution is -2.09. The standard InChI is InChI=1S/C15H16BrN5/c1-3-21-11(2)17-18-15(21)10-20-9-8-14(19-20)12-4-6-13(16)7-5-12/h4-9H,3,10H2,1-2H3. The van der Waals surface area contributed by atoms with Crippen molar-refractivity contribution in [2.45, 2.75) is 26.9 Å². The summed E-state index contributed by atoms with van der Waals surface area (Å²) in [6, 6.07) is 10.2. The number of aryl methyl sites for hydroxylation is 1. The number of hydrogen-bond donors (Lipinski definition) is 0. The predicted molar refractivity (Wildman–Crippen MR) is 84.9 cm³/mol. The minimum Gasteiger partial charge on any atom is -0.314 e. The van der Waals surface area contributed by atoms with Crippen LogP contribution in [-0.4, -0.2) is 24.5 Å². The fraction of sp³-hybridized carbons (Fsp3) is 0.267. The van der Waals surface area contributed by atoms with Crippen molar-refractivity contribution < 1.29 is 0 Å². The highest BCUT2D eigenvalue weighted by atomic mass is 79.9. The maximum Gasteiger partial charge on any atom is 0.154 e. The molecule has 0 atom stereocenters. The van der Waals surface area contributed by atoms with Crippen molar-refractivity contribution in [3.05, 3.63) is 52.7 Å². The molecule has 2 heterocycles. The van der Waals surface area contributed by atoms with Gasteiger partial charge in [0.15, 0.2) is 5.82 Å². The van der Waals surface area contributed by atoms with E-state index in [0.29, 0.717) is 6.54 Å². The normalized spacial score (nSPS) is 11.0. The SMILES string of the molecule is CCn1c(C)nnc1Cn1ccc(-c2ccc(Br)cc2)n1. The maximum absolute atomic E-state index is 4.61. The van der Waals surface area contributed by atoms with Crippen LogP contribution in [0, 0.1) is 6.92 Å². The van der Waals surface area contributed by atoms with Crippen molar-refractivity contribution in [1.82, 2.24) is 24.5 Å². The Bertz CT molecular complexity index is 742. The molecule has 0 amide bonds. The summed E-state index contributed by atoms with van der Waals surface area (Å²) in [4.78, 5) is 0. The molecule has 5 nitrogen and oxygen atoms in total. The van der Waals surface area contributed by atoms with Crippen LogP contribution < -0.4 is 0 Å². The summed E-state index contributed by atoms with van der Waals surface area (Å²) >= 11 is 3.44. The Hall–Kier alpha value is -1.95. The van der Waals surface area contributed by atoms with Crippen molar-refractivity contribution in [3.8, 4) is 11.3 Å². The molecule has 1 aromatic carbocycles. The van der Waals surface area contributed by atoms with Gasteiger partial charge >= 0.3 is 0 Å². The van der Waals surface area contributed by atoms with Gasteiger partial charge in [0.05, 0.1) is 5.69 Å². The third-order valence-corrected chi connectivity index (χ3v) is 3.94. The molecule has 6 heteroatoms. The highest BCUT2D eigenvalue weighted by molar-refractivity contribution is 9.10. The first kappa shape index (κ1) is 14.0. The van der Waals surface area contributed by atoms with Crippen LogP contribution in [0.5, 0.6) is 0 Å². The van der Waals surface area contributed by atoms with E-state index in [-0.39, 0.29) is 0 Å². The van der Waals surface area contributed by atoms with Crippen molar-refractivity contribution in [2.24, 2.45) is 0 Å². The van der Waals surface area contributed by atoms with Gasteiger partial charge in [-0.05, 0) is 32.0 Å². The van der Waals surface area contributed by atoms with Crippen LogP contribution in [-0.2, 0) is 13.1 Å². The Kier molecular flexibility index (Phi) is 3.88. The topological polar surface area (TPSA) is 48.5 Å². The molecule has 0 saturated carbocycles. The van der Waals surface area contributed by atoms with Gasteiger partial charge in [0.2, 0.25) is 0 Å². The van der Waals surface area contributed by atoms with Gasteiger partial charge in [-0.1, -0.05) is 28.1 Å². The number of aromatic nitrogens is 5. The molecule has 0 unspecified atom stereocenters. The first-order chi connectivity index (χ1) is 10.2. The van der Waals surface area contributed by atoms with Gasteiger partial charge < -0.3 is 4.57 Å².